The Bertz CT molecular complexity index is 1140. The molecule has 1 atom stereocenters. The summed E-state index contributed by atoms with van der Waals surface area (Å²) in [5.41, 5.74) is 0.892. The van der Waals surface area contributed by atoms with E-state index in [0.717, 1.165) is 38.0 Å². The molecule has 1 N–H and O–H groups in total. The molecule has 2 aliphatic rings. The standard InChI is InChI=1S/C31H41N3O5.ClH/c1-5-6-17-34-28(35)27(20-22(2)3)32-30(37)31(34)15-18-33(19-16-31)21-23-7-11-25(12-8-23)39-26-13-9-24(10-14-26)29(36)38-4;/h7-14,22,27H,5-6,15-21H2,1-4H3,(H,32,37);1H/t27-;/m0./s1. The number of halogens is 1. The third-order valence-electron chi connectivity index (χ3n) is 7.78. The Morgan fingerprint density at radius 2 is 1.62 bits per heavy atom. The van der Waals surface area contributed by atoms with Gasteiger partial charge in [-0.2, -0.15) is 0 Å². The van der Waals surface area contributed by atoms with Gasteiger partial charge in [0.1, 0.15) is 23.1 Å². The van der Waals surface area contributed by atoms with Gasteiger partial charge < -0.3 is 19.7 Å². The zero-order valence-electron chi connectivity index (χ0n) is 24.0. The molecule has 9 heteroatoms. The molecule has 0 aliphatic carbocycles. The summed E-state index contributed by atoms with van der Waals surface area (Å²) in [6.07, 6.45) is 3.86. The van der Waals surface area contributed by atoms with Gasteiger partial charge in [0.2, 0.25) is 11.8 Å². The third-order valence-corrected chi connectivity index (χ3v) is 7.78. The number of amides is 2. The van der Waals surface area contributed by atoms with Gasteiger partial charge >= 0.3 is 5.97 Å². The number of nitrogens with zero attached hydrogens (tertiary/aromatic N) is 2. The van der Waals surface area contributed by atoms with Gasteiger partial charge in [0.15, 0.2) is 0 Å². The summed E-state index contributed by atoms with van der Waals surface area (Å²) in [5.74, 6) is 1.41. The van der Waals surface area contributed by atoms with E-state index in [4.69, 9.17) is 9.47 Å². The number of hydrogen-bond donors (Lipinski definition) is 1. The summed E-state index contributed by atoms with van der Waals surface area (Å²) in [5, 5.41) is 3.08. The van der Waals surface area contributed by atoms with Crippen LogP contribution in [-0.4, -0.2) is 65.9 Å². The van der Waals surface area contributed by atoms with E-state index >= 15 is 0 Å². The summed E-state index contributed by atoms with van der Waals surface area (Å²) in [6, 6.07) is 14.4. The van der Waals surface area contributed by atoms with E-state index in [1.54, 1.807) is 24.3 Å². The molecule has 4 rings (SSSR count). The highest BCUT2D eigenvalue weighted by molar-refractivity contribution is 6.00. The van der Waals surface area contributed by atoms with Crippen LogP contribution in [0.5, 0.6) is 11.5 Å². The number of ether oxygens (including phenoxy) is 2. The van der Waals surface area contributed by atoms with Crippen LogP contribution in [0.15, 0.2) is 48.5 Å². The monoisotopic (exact) mass is 571 g/mol. The van der Waals surface area contributed by atoms with Crippen LogP contribution in [0.1, 0.15) is 68.8 Å². The van der Waals surface area contributed by atoms with Crippen molar-refractivity contribution in [2.24, 2.45) is 5.92 Å². The lowest BCUT2D eigenvalue weighted by molar-refractivity contribution is -0.161. The molecule has 218 valence electrons. The number of piperidine rings is 1. The minimum Gasteiger partial charge on any atom is -0.465 e. The number of carbonyl (C=O) groups excluding carboxylic acids is 3. The van der Waals surface area contributed by atoms with Crippen molar-refractivity contribution in [1.29, 1.82) is 0 Å². The lowest BCUT2D eigenvalue weighted by Crippen LogP contribution is -2.73. The second-order valence-electron chi connectivity index (χ2n) is 11.1. The van der Waals surface area contributed by atoms with E-state index in [1.165, 1.54) is 7.11 Å². The molecule has 0 aromatic heterocycles. The molecule has 0 unspecified atom stereocenters. The molecule has 2 aliphatic heterocycles. The average Bonchev–Trinajstić information content (AvgIpc) is 2.93. The molecule has 2 heterocycles. The molecule has 0 saturated carbocycles. The lowest BCUT2D eigenvalue weighted by Gasteiger charge is -2.52. The van der Waals surface area contributed by atoms with Crippen molar-refractivity contribution < 1.29 is 23.9 Å². The molecule has 0 bridgehead atoms. The summed E-state index contributed by atoms with van der Waals surface area (Å²) in [4.78, 5) is 42.8. The van der Waals surface area contributed by atoms with Crippen molar-refractivity contribution in [3.05, 3.63) is 59.7 Å². The zero-order valence-corrected chi connectivity index (χ0v) is 24.8. The van der Waals surface area contributed by atoms with Crippen molar-refractivity contribution >= 4 is 30.2 Å². The Balaban J connectivity index is 0.00000441. The Morgan fingerprint density at radius 1 is 1.02 bits per heavy atom. The highest BCUT2D eigenvalue weighted by Crippen LogP contribution is 2.35. The minimum atomic E-state index is -0.739. The van der Waals surface area contributed by atoms with E-state index in [1.807, 2.05) is 29.2 Å². The fourth-order valence-electron chi connectivity index (χ4n) is 5.56. The second-order valence-corrected chi connectivity index (χ2v) is 11.1. The number of likely N-dealkylation sites (tertiary alicyclic amines) is 1. The maximum atomic E-state index is 13.4. The van der Waals surface area contributed by atoms with Gasteiger partial charge in [0.05, 0.1) is 12.7 Å². The lowest BCUT2D eigenvalue weighted by atomic mass is 9.80. The molecule has 2 amide bonds. The normalized spacial score (nSPS) is 18.8. The summed E-state index contributed by atoms with van der Waals surface area (Å²) in [6.45, 7) is 9.20. The number of methoxy groups -OCH3 is 1. The number of nitrogens with one attached hydrogen (secondary N) is 1. The Labute approximate surface area is 243 Å². The Morgan fingerprint density at radius 3 is 2.17 bits per heavy atom. The Hall–Kier alpha value is -3.10. The maximum Gasteiger partial charge on any atom is 0.337 e. The number of esters is 1. The molecule has 2 aromatic carbocycles. The van der Waals surface area contributed by atoms with Crippen LogP contribution in [0.3, 0.4) is 0 Å². The fourth-order valence-corrected chi connectivity index (χ4v) is 5.56. The largest absolute Gasteiger partial charge is 0.465 e. The molecule has 2 fully saturated rings. The van der Waals surface area contributed by atoms with Gasteiger partial charge in [-0.05, 0) is 73.6 Å². The van der Waals surface area contributed by atoms with Crippen LogP contribution in [0, 0.1) is 5.92 Å². The van der Waals surface area contributed by atoms with Gasteiger partial charge in [-0.15, -0.1) is 12.4 Å². The molecule has 40 heavy (non-hydrogen) atoms. The van der Waals surface area contributed by atoms with Crippen molar-refractivity contribution in [3.63, 3.8) is 0 Å². The number of hydrogen-bond acceptors (Lipinski definition) is 6. The quantitative estimate of drug-likeness (QED) is 0.395. The second kappa shape index (κ2) is 14.0. The minimum absolute atomic E-state index is 0. The van der Waals surface area contributed by atoms with Gasteiger partial charge in [0.25, 0.3) is 0 Å². The van der Waals surface area contributed by atoms with Crippen LogP contribution in [0.25, 0.3) is 0 Å². The Kier molecular flexibility index (Phi) is 11.0. The van der Waals surface area contributed by atoms with Crippen molar-refractivity contribution in [1.82, 2.24) is 15.1 Å². The van der Waals surface area contributed by atoms with Gasteiger partial charge in [-0.3, -0.25) is 14.5 Å². The first-order valence-corrected chi connectivity index (χ1v) is 14.1. The molecule has 0 radical (unpaired) electrons. The van der Waals surface area contributed by atoms with Gasteiger partial charge in [-0.25, -0.2) is 4.79 Å². The molecular formula is C31H42ClN3O5. The number of carbonyl (C=O) groups is 3. The van der Waals surface area contributed by atoms with E-state index in [9.17, 15) is 14.4 Å². The summed E-state index contributed by atoms with van der Waals surface area (Å²) < 4.78 is 10.6. The van der Waals surface area contributed by atoms with E-state index in [-0.39, 0.29) is 30.2 Å². The smallest absolute Gasteiger partial charge is 0.337 e. The molecule has 8 nitrogen and oxygen atoms in total. The number of piperazine rings is 1. The van der Waals surface area contributed by atoms with Crippen molar-refractivity contribution in [2.75, 3.05) is 26.7 Å². The maximum absolute atomic E-state index is 13.4. The summed E-state index contributed by atoms with van der Waals surface area (Å²) >= 11 is 0. The van der Waals surface area contributed by atoms with Gasteiger partial charge in [-0.1, -0.05) is 39.3 Å². The molecular weight excluding hydrogens is 530 g/mol. The molecule has 2 aromatic rings. The first-order valence-electron chi connectivity index (χ1n) is 14.1. The van der Waals surface area contributed by atoms with Crippen LogP contribution < -0.4 is 10.1 Å². The number of rotatable bonds is 10. The first-order chi connectivity index (χ1) is 18.8. The zero-order chi connectivity index (χ0) is 28.0. The van der Waals surface area contributed by atoms with Crippen LogP contribution in [0.2, 0.25) is 0 Å². The van der Waals surface area contributed by atoms with Crippen LogP contribution in [-0.2, 0) is 20.9 Å². The van der Waals surface area contributed by atoms with Crippen LogP contribution in [0.4, 0.5) is 0 Å². The molecule has 2 saturated heterocycles. The van der Waals surface area contributed by atoms with Gasteiger partial charge in [0, 0.05) is 26.2 Å². The van der Waals surface area contributed by atoms with E-state index < -0.39 is 11.6 Å². The van der Waals surface area contributed by atoms with E-state index in [0.29, 0.717) is 48.8 Å². The number of benzene rings is 2. The SMILES string of the molecule is CCCCN1C(=O)[C@H](CC(C)C)NC(=O)C12CCN(Cc1ccc(Oc3ccc(C(=O)OC)cc3)cc1)CC2.Cl. The average molecular weight is 572 g/mol. The first kappa shape index (κ1) is 31.4. The third kappa shape index (κ3) is 7.15. The summed E-state index contributed by atoms with van der Waals surface area (Å²) in [7, 11) is 1.36. The predicted octanol–water partition coefficient (Wildman–Crippen LogP) is 5.20. The highest BCUT2D eigenvalue weighted by Gasteiger charge is 2.53. The topological polar surface area (TPSA) is 88.2 Å². The fraction of sp³-hybridized carbons (Fsp3) is 0.516. The van der Waals surface area contributed by atoms with E-state index in [2.05, 4.69) is 31.0 Å². The van der Waals surface area contributed by atoms with Crippen molar-refractivity contribution in [2.45, 2.75) is 71.0 Å². The number of unbranched alkanes of at least 4 members (excludes halogenated alkanes) is 1. The van der Waals surface area contributed by atoms with Crippen LogP contribution >= 0.6 is 12.4 Å². The predicted molar refractivity (Wildman–Crippen MR) is 157 cm³/mol. The molecule has 1 spiro atoms. The highest BCUT2D eigenvalue weighted by atomic mass is 35.5. The van der Waals surface area contributed by atoms with Crippen molar-refractivity contribution in [3.8, 4) is 11.5 Å².